The molecule has 7 heteroatoms. The van der Waals surface area contributed by atoms with Crippen LogP contribution in [-0.2, 0) is 13.2 Å². The molecular formula is C12H9F4N2Na. The summed E-state index contributed by atoms with van der Waals surface area (Å²) < 4.78 is 52.2. The zero-order chi connectivity index (χ0) is 13.5. The molecule has 0 amide bonds. The maximum absolute atomic E-state index is 13.6. The van der Waals surface area contributed by atoms with Gasteiger partial charge >= 0.3 is 35.7 Å². The molecule has 0 aliphatic rings. The van der Waals surface area contributed by atoms with Crippen LogP contribution in [0.1, 0.15) is 11.3 Å². The normalized spacial score (nSPS) is 11.2. The van der Waals surface area contributed by atoms with E-state index in [4.69, 9.17) is 0 Å². The first-order chi connectivity index (χ1) is 8.29. The molecule has 0 spiro atoms. The van der Waals surface area contributed by atoms with Crippen molar-refractivity contribution in [2.24, 2.45) is 7.05 Å². The summed E-state index contributed by atoms with van der Waals surface area (Å²) in [6.07, 6.45) is -3.72. The van der Waals surface area contributed by atoms with Gasteiger partial charge in [-0.2, -0.15) is 31.7 Å². The zero-order valence-electron chi connectivity index (χ0n) is 10.4. The van der Waals surface area contributed by atoms with Crippen molar-refractivity contribution in [3.63, 3.8) is 0 Å². The third kappa shape index (κ3) is 3.32. The van der Waals surface area contributed by atoms with Crippen LogP contribution in [0, 0.1) is 12.7 Å². The van der Waals surface area contributed by atoms with Crippen LogP contribution in [0.5, 0.6) is 0 Å². The standard InChI is InChI=1S/C12H9F4N2.Na/c1-7-3-4-8(9(13)5-7)11-17-10(6-18(11)2)12(14,15)16;/h3-6H,1H2,2H3;/q-1;+1. The van der Waals surface area contributed by atoms with Crippen LogP contribution >= 0.6 is 0 Å². The summed E-state index contributed by atoms with van der Waals surface area (Å²) in [6, 6.07) is 4.03. The number of hydrogen-bond acceptors (Lipinski definition) is 1. The van der Waals surface area contributed by atoms with Crippen molar-refractivity contribution in [2.75, 3.05) is 0 Å². The Morgan fingerprint density at radius 2 is 1.89 bits per heavy atom. The van der Waals surface area contributed by atoms with Gasteiger partial charge in [-0.05, 0) is 0 Å². The van der Waals surface area contributed by atoms with Crippen LogP contribution in [0.2, 0.25) is 0 Å². The third-order valence-electron chi connectivity index (χ3n) is 2.44. The molecule has 0 radical (unpaired) electrons. The molecular weight excluding hydrogens is 271 g/mol. The summed E-state index contributed by atoms with van der Waals surface area (Å²) in [4.78, 5) is 3.42. The molecule has 0 saturated carbocycles. The second-order valence-electron chi connectivity index (χ2n) is 3.87. The van der Waals surface area contributed by atoms with Gasteiger partial charge in [0.2, 0.25) is 0 Å². The summed E-state index contributed by atoms with van der Waals surface area (Å²) in [6.45, 7) is 3.54. The number of rotatable bonds is 1. The Hall–Kier alpha value is -0.980. The second kappa shape index (κ2) is 5.56. The topological polar surface area (TPSA) is 17.8 Å². The molecule has 1 aromatic heterocycles. The van der Waals surface area contributed by atoms with Crippen molar-refractivity contribution in [3.8, 4) is 11.4 Å². The van der Waals surface area contributed by atoms with Gasteiger partial charge in [-0.1, -0.05) is 0 Å². The minimum atomic E-state index is -4.54. The molecule has 19 heavy (non-hydrogen) atoms. The van der Waals surface area contributed by atoms with E-state index >= 15 is 0 Å². The summed E-state index contributed by atoms with van der Waals surface area (Å²) >= 11 is 0. The van der Waals surface area contributed by atoms with Crippen LogP contribution in [0.15, 0.2) is 24.4 Å². The van der Waals surface area contributed by atoms with Gasteiger partial charge < -0.3 is 4.57 Å². The van der Waals surface area contributed by atoms with Crippen molar-refractivity contribution in [3.05, 3.63) is 48.4 Å². The van der Waals surface area contributed by atoms with E-state index in [9.17, 15) is 17.6 Å². The van der Waals surface area contributed by atoms with E-state index in [1.54, 1.807) is 0 Å². The molecule has 1 aromatic carbocycles. The number of halogens is 4. The van der Waals surface area contributed by atoms with E-state index in [1.165, 1.54) is 19.2 Å². The predicted molar refractivity (Wildman–Crippen MR) is 58.1 cm³/mol. The van der Waals surface area contributed by atoms with Crippen molar-refractivity contribution in [1.29, 1.82) is 0 Å². The fourth-order valence-electron chi connectivity index (χ4n) is 1.59. The van der Waals surface area contributed by atoms with Gasteiger partial charge in [-0.15, -0.1) is 12.1 Å². The fourth-order valence-corrected chi connectivity index (χ4v) is 1.59. The van der Waals surface area contributed by atoms with Crippen molar-refractivity contribution in [1.82, 2.24) is 9.55 Å². The maximum atomic E-state index is 13.6. The molecule has 0 aliphatic heterocycles. The molecule has 0 saturated heterocycles. The number of aryl methyl sites for hydroxylation is 1. The quantitative estimate of drug-likeness (QED) is 0.421. The Morgan fingerprint density at radius 3 is 2.37 bits per heavy atom. The molecule has 2 nitrogen and oxygen atoms in total. The van der Waals surface area contributed by atoms with E-state index in [1.807, 2.05) is 0 Å². The van der Waals surface area contributed by atoms with Crippen LogP contribution in [0.4, 0.5) is 17.6 Å². The van der Waals surface area contributed by atoms with E-state index < -0.39 is 17.7 Å². The molecule has 0 fully saturated rings. The third-order valence-corrected chi connectivity index (χ3v) is 2.44. The van der Waals surface area contributed by atoms with Crippen molar-refractivity contribution in [2.45, 2.75) is 6.18 Å². The molecule has 0 atom stereocenters. The smallest absolute Gasteiger partial charge is 0.333 e. The Morgan fingerprint density at radius 1 is 1.26 bits per heavy atom. The number of nitrogens with zero attached hydrogens (tertiary/aromatic N) is 2. The summed E-state index contributed by atoms with van der Waals surface area (Å²) in [5, 5.41) is 0. The number of alkyl halides is 3. The predicted octanol–water partition coefficient (Wildman–Crippen LogP) is 0.431. The van der Waals surface area contributed by atoms with E-state index in [2.05, 4.69) is 11.9 Å². The number of benzene rings is 1. The van der Waals surface area contributed by atoms with Gasteiger partial charge in [-0.25, -0.2) is 9.37 Å². The number of hydrogen-bond donors (Lipinski definition) is 0. The van der Waals surface area contributed by atoms with Crippen LogP contribution in [0.3, 0.4) is 0 Å². The molecule has 0 N–H and O–H groups in total. The number of imidazole rings is 1. The molecule has 0 bridgehead atoms. The van der Waals surface area contributed by atoms with Gasteiger partial charge in [0.05, 0.1) is 5.82 Å². The number of aromatic nitrogens is 2. The van der Waals surface area contributed by atoms with Gasteiger partial charge in [0.25, 0.3) is 0 Å². The minimum Gasteiger partial charge on any atom is -0.333 e. The van der Waals surface area contributed by atoms with E-state index in [0.717, 1.165) is 16.8 Å². The first kappa shape index (κ1) is 16.1. The molecule has 0 aliphatic carbocycles. The Labute approximate surface area is 129 Å². The van der Waals surface area contributed by atoms with Crippen molar-refractivity contribution < 1.29 is 47.1 Å². The second-order valence-corrected chi connectivity index (χ2v) is 3.87. The van der Waals surface area contributed by atoms with Gasteiger partial charge in [0.1, 0.15) is 5.82 Å². The Balaban J connectivity index is 0.00000180. The van der Waals surface area contributed by atoms with Crippen LogP contribution in [-0.4, -0.2) is 9.55 Å². The van der Waals surface area contributed by atoms with Crippen molar-refractivity contribution >= 4 is 0 Å². The van der Waals surface area contributed by atoms with E-state index in [0.29, 0.717) is 5.56 Å². The fraction of sp³-hybridized carbons (Fsp3) is 0.167. The Bertz CT molecular complexity index is 590. The molecule has 96 valence electrons. The Kier molecular flexibility index (Phi) is 4.71. The first-order valence-electron chi connectivity index (χ1n) is 5.01. The average molecular weight is 280 g/mol. The summed E-state index contributed by atoms with van der Waals surface area (Å²) in [7, 11) is 1.38. The van der Waals surface area contributed by atoms with Gasteiger partial charge in [-0.3, -0.25) is 0 Å². The summed E-state index contributed by atoms with van der Waals surface area (Å²) in [5.41, 5.74) is -0.583. The first-order valence-corrected chi connectivity index (χ1v) is 5.01. The summed E-state index contributed by atoms with van der Waals surface area (Å²) in [5.74, 6) is -0.718. The minimum absolute atomic E-state index is 0. The van der Waals surface area contributed by atoms with Gasteiger partial charge in [0.15, 0.2) is 5.69 Å². The maximum Gasteiger partial charge on any atom is 1.00 e. The SMILES string of the molecule is [CH2-]c1ccc(-c2nc(C(F)(F)F)cn2C)c(F)c1.[Na+]. The molecule has 2 aromatic rings. The van der Waals surface area contributed by atoms with Crippen LogP contribution < -0.4 is 29.6 Å². The van der Waals surface area contributed by atoms with Crippen LogP contribution in [0.25, 0.3) is 11.4 Å². The van der Waals surface area contributed by atoms with E-state index in [-0.39, 0.29) is 40.9 Å². The van der Waals surface area contributed by atoms with Gasteiger partial charge in [0, 0.05) is 18.8 Å². The zero-order valence-corrected chi connectivity index (χ0v) is 12.4. The monoisotopic (exact) mass is 280 g/mol. The molecule has 2 rings (SSSR count). The largest absolute Gasteiger partial charge is 1.00 e. The molecule has 0 unspecified atom stereocenters. The average Bonchev–Trinajstić information content (AvgIpc) is 2.60. The molecule has 1 heterocycles.